The number of halogens is 1. The van der Waals surface area contributed by atoms with Gasteiger partial charge in [-0.05, 0) is 12.1 Å². The average Bonchev–Trinajstić information content (AvgIpc) is 2.79. The highest BCUT2D eigenvalue weighted by molar-refractivity contribution is 5.96. The predicted octanol–water partition coefficient (Wildman–Crippen LogP) is 3.41. The predicted molar refractivity (Wildman–Crippen MR) is 76.4 cm³/mol. The molecule has 1 heterocycles. The third kappa shape index (κ3) is 2.02. The lowest BCUT2D eigenvalue weighted by Crippen LogP contribution is -2.08. The zero-order valence-electron chi connectivity index (χ0n) is 10.5. The molecule has 3 heteroatoms. The molecule has 0 saturated heterocycles. The van der Waals surface area contributed by atoms with Crippen molar-refractivity contribution >= 4 is 10.9 Å². The van der Waals surface area contributed by atoms with E-state index in [1.165, 1.54) is 6.07 Å². The Labute approximate surface area is 111 Å². The Kier molecular flexibility index (Phi) is 3.05. The van der Waals surface area contributed by atoms with Crippen LogP contribution < -0.4 is 5.73 Å². The van der Waals surface area contributed by atoms with Gasteiger partial charge in [0.2, 0.25) is 0 Å². The maximum absolute atomic E-state index is 14.0. The number of aromatic nitrogens is 1. The summed E-state index contributed by atoms with van der Waals surface area (Å²) in [4.78, 5) is 0. The van der Waals surface area contributed by atoms with Crippen LogP contribution in [0.2, 0.25) is 0 Å². The second-order valence-electron chi connectivity index (χ2n) is 4.52. The molecule has 0 radical (unpaired) electrons. The van der Waals surface area contributed by atoms with Gasteiger partial charge in [0.25, 0.3) is 0 Å². The van der Waals surface area contributed by atoms with Gasteiger partial charge in [0.05, 0.1) is 0 Å². The van der Waals surface area contributed by atoms with Gasteiger partial charge in [0, 0.05) is 41.3 Å². The van der Waals surface area contributed by atoms with Crippen LogP contribution >= 0.6 is 0 Å². The summed E-state index contributed by atoms with van der Waals surface area (Å²) < 4.78 is 16.0. The molecule has 0 unspecified atom stereocenters. The van der Waals surface area contributed by atoms with Crippen molar-refractivity contribution in [2.45, 2.75) is 6.54 Å². The third-order valence-electron chi connectivity index (χ3n) is 3.32. The van der Waals surface area contributed by atoms with E-state index in [1.807, 2.05) is 42.6 Å². The van der Waals surface area contributed by atoms with Crippen molar-refractivity contribution in [1.29, 1.82) is 0 Å². The minimum absolute atomic E-state index is 0.196. The Morgan fingerprint density at radius 1 is 0.947 bits per heavy atom. The molecule has 0 aliphatic rings. The molecular formula is C16H15FN2. The number of para-hydroxylation sites is 1. The number of hydrogen-bond donors (Lipinski definition) is 1. The van der Waals surface area contributed by atoms with Crippen LogP contribution in [0.25, 0.3) is 22.0 Å². The fourth-order valence-electron chi connectivity index (χ4n) is 2.47. The number of nitrogens with zero attached hydrogens (tertiary/aromatic N) is 1. The maximum atomic E-state index is 14.0. The summed E-state index contributed by atoms with van der Waals surface area (Å²) in [7, 11) is 0. The molecule has 0 bridgehead atoms. The van der Waals surface area contributed by atoms with E-state index in [1.54, 1.807) is 6.07 Å². The lowest BCUT2D eigenvalue weighted by molar-refractivity contribution is 0.631. The molecule has 0 saturated carbocycles. The lowest BCUT2D eigenvalue weighted by atomic mass is 10.0. The summed E-state index contributed by atoms with van der Waals surface area (Å²) in [5.74, 6) is -0.196. The number of hydrogen-bond acceptors (Lipinski definition) is 1. The van der Waals surface area contributed by atoms with Gasteiger partial charge < -0.3 is 10.3 Å². The minimum atomic E-state index is -0.196. The van der Waals surface area contributed by atoms with E-state index in [-0.39, 0.29) is 5.82 Å². The van der Waals surface area contributed by atoms with E-state index in [0.29, 0.717) is 12.1 Å². The topological polar surface area (TPSA) is 30.9 Å². The minimum Gasteiger partial charge on any atom is -0.346 e. The van der Waals surface area contributed by atoms with E-state index in [2.05, 4.69) is 4.57 Å². The molecule has 3 aromatic rings. The van der Waals surface area contributed by atoms with Crippen LogP contribution in [0.1, 0.15) is 0 Å². The van der Waals surface area contributed by atoms with Crippen molar-refractivity contribution in [3.8, 4) is 11.1 Å². The molecule has 19 heavy (non-hydrogen) atoms. The van der Waals surface area contributed by atoms with E-state index in [9.17, 15) is 4.39 Å². The zero-order valence-corrected chi connectivity index (χ0v) is 10.5. The SMILES string of the molecule is NCCn1cc(-c2ccccc2F)c2ccccc21. The summed E-state index contributed by atoms with van der Waals surface area (Å²) in [6.07, 6.45) is 1.98. The largest absolute Gasteiger partial charge is 0.346 e. The summed E-state index contributed by atoms with van der Waals surface area (Å²) in [6.45, 7) is 1.30. The summed E-state index contributed by atoms with van der Waals surface area (Å²) in [6, 6.07) is 14.9. The molecule has 0 amide bonds. The monoisotopic (exact) mass is 254 g/mol. The molecule has 0 fully saturated rings. The van der Waals surface area contributed by atoms with Gasteiger partial charge >= 0.3 is 0 Å². The van der Waals surface area contributed by atoms with Crippen LogP contribution in [0.5, 0.6) is 0 Å². The van der Waals surface area contributed by atoms with Crippen LogP contribution in [-0.4, -0.2) is 11.1 Å². The van der Waals surface area contributed by atoms with Gasteiger partial charge in [-0.2, -0.15) is 0 Å². The van der Waals surface area contributed by atoms with E-state index >= 15 is 0 Å². The summed E-state index contributed by atoms with van der Waals surface area (Å²) in [5, 5.41) is 1.06. The molecule has 0 spiro atoms. The summed E-state index contributed by atoms with van der Waals surface area (Å²) >= 11 is 0. The Hall–Kier alpha value is -2.13. The van der Waals surface area contributed by atoms with Crippen molar-refractivity contribution in [1.82, 2.24) is 4.57 Å². The molecular weight excluding hydrogens is 239 g/mol. The second-order valence-corrected chi connectivity index (χ2v) is 4.52. The molecule has 3 rings (SSSR count). The summed E-state index contributed by atoms with van der Waals surface area (Å²) in [5.41, 5.74) is 8.28. The molecule has 2 aromatic carbocycles. The van der Waals surface area contributed by atoms with Gasteiger partial charge in [-0.1, -0.05) is 36.4 Å². The van der Waals surface area contributed by atoms with Crippen molar-refractivity contribution in [2.75, 3.05) is 6.54 Å². The van der Waals surface area contributed by atoms with Crippen LogP contribution in [0.15, 0.2) is 54.7 Å². The highest BCUT2D eigenvalue weighted by Crippen LogP contribution is 2.31. The Bertz CT molecular complexity index is 716. The van der Waals surface area contributed by atoms with Crippen LogP contribution in [0.4, 0.5) is 4.39 Å². The third-order valence-corrected chi connectivity index (χ3v) is 3.32. The number of nitrogens with two attached hydrogens (primary N) is 1. The number of rotatable bonds is 3. The number of benzene rings is 2. The van der Waals surface area contributed by atoms with E-state index < -0.39 is 0 Å². The van der Waals surface area contributed by atoms with Crippen LogP contribution in [-0.2, 0) is 6.54 Å². The molecule has 0 atom stereocenters. The first-order chi connectivity index (χ1) is 9.31. The molecule has 2 nitrogen and oxygen atoms in total. The molecule has 1 aromatic heterocycles. The smallest absolute Gasteiger partial charge is 0.131 e. The average molecular weight is 254 g/mol. The zero-order chi connectivity index (χ0) is 13.2. The van der Waals surface area contributed by atoms with Crippen molar-refractivity contribution in [3.05, 3.63) is 60.5 Å². The molecule has 0 aliphatic heterocycles. The fraction of sp³-hybridized carbons (Fsp3) is 0.125. The van der Waals surface area contributed by atoms with Gasteiger partial charge in [0.1, 0.15) is 5.82 Å². The lowest BCUT2D eigenvalue weighted by Gasteiger charge is -2.01. The number of fused-ring (bicyclic) bond motifs is 1. The van der Waals surface area contributed by atoms with Gasteiger partial charge in [0.15, 0.2) is 0 Å². The standard InChI is InChI=1S/C16H15FN2/c17-15-7-3-1-5-12(15)14-11-19(10-9-18)16-8-4-2-6-13(14)16/h1-8,11H,9-10,18H2. The van der Waals surface area contributed by atoms with Gasteiger partial charge in [-0.25, -0.2) is 4.39 Å². The van der Waals surface area contributed by atoms with Gasteiger partial charge in [-0.15, -0.1) is 0 Å². The molecule has 2 N–H and O–H groups in total. The van der Waals surface area contributed by atoms with E-state index in [4.69, 9.17) is 5.73 Å². The molecule has 96 valence electrons. The first-order valence-corrected chi connectivity index (χ1v) is 6.34. The van der Waals surface area contributed by atoms with Gasteiger partial charge in [-0.3, -0.25) is 0 Å². The normalized spacial score (nSPS) is 11.1. The van der Waals surface area contributed by atoms with Crippen molar-refractivity contribution in [2.24, 2.45) is 5.73 Å². The quantitative estimate of drug-likeness (QED) is 0.763. The Balaban J connectivity index is 2.27. The fourth-order valence-corrected chi connectivity index (χ4v) is 2.47. The van der Waals surface area contributed by atoms with Crippen molar-refractivity contribution < 1.29 is 4.39 Å². The highest BCUT2D eigenvalue weighted by Gasteiger charge is 2.12. The maximum Gasteiger partial charge on any atom is 0.131 e. The first-order valence-electron chi connectivity index (χ1n) is 6.34. The highest BCUT2D eigenvalue weighted by atomic mass is 19.1. The van der Waals surface area contributed by atoms with Crippen LogP contribution in [0, 0.1) is 5.82 Å². The Morgan fingerprint density at radius 3 is 2.47 bits per heavy atom. The van der Waals surface area contributed by atoms with Crippen molar-refractivity contribution in [3.63, 3.8) is 0 Å². The van der Waals surface area contributed by atoms with Crippen LogP contribution in [0.3, 0.4) is 0 Å². The Morgan fingerprint density at radius 2 is 1.68 bits per heavy atom. The molecule has 0 aliphatic carbocycles. The second kappa shape index (κ2) is 4.86. The first kappa shape index (κ1) is 11.9. The van der Waals surface area contributed by atoms with E-state index in [0.717, 1.165) is 23.0 Å².